The van der Waals surface area contributed by atoms with Crippen LogP contribution >= 0.6 is 0 Å². The highest BCUT2D eigenvalue weighted by atomic mass is 16.5. The fourth-order valence-electron chi connectivity index (χ4n) is 5.94. The van der Waals surface area contributed by atoms with Gasteiger partial charge in [-0.05, 0) is 79.8 Å². The summed E-state index contributed by atoms with van der Waals surface area (Å²) >= 11 is 0. The Morgan fingerprint density at radius 3 is 2.61 bits per heavy atom. The molecule has 2 unspecified atom stereocenters. The fraction of sp³-hybridized carbons (Fsp3) is 0.533. The summed E-state index contributed by atoms with van der Waals surface area (Å²) in [6.45, 7) is 13.7. The summed E-state index contributed by atoms with van der Waals surface area (Å²) in [6, 6.07) is 16.2. The molecule has 0 saturated heterocycles. The first-order valence-corrected chi connectivity index (χ1v) is 13.6. The number of aromatic nitrogens is 4. The van der Waals surface area contributed by atoms with E-state index in [-0.39, 0.29) is 11.8 Å². The number of carbonyl (C=O) groups excluding carboxylic acids is 2. The van der Waals surface area contributed by atoms with Gasteiger partial charge in [0.2, 0.25) is 0 Å². The Hall–Kier alpha value is -3.35. The number of rotatable bonds is 7. The van der Waals surface area contributed by atoms with Crippen LogP contribution < -0.4 is 4.74 Å². The van der Waals surface area contributed by atoms with Crippen LogP contribution in [0.3, 0.4) is 0 Å². The lowest BCUT2D eigenvalue weighted by atomic mass is 9.83. The van der Waals surface area contributed by atoms with Crippen LogP contribution in [0.2, 0.25) is 0 Å². The summed E-state index contributed by atoms with van der Waals surface area (Å²) in [5.41, 5.74) is 5.52. The highest BCUT2D eigenvalue weighted by molar-refractivity contribution is 5.41. The standard InChI is InChI=1S/C29H39N5O.CO2/c1-6-34-31-28(30-32-34)16-14-24(20(2)3)22-12-11-21-13-15-26(25(21)17-22)33-18-23-9-7-8-10-27(23)35-29(4,5)19-33;2-1-3/h7-12,17,20,24,26H,6,13-16,18-19H2,1-5H3;. The fourth-order valence-corrected chi connectivity index (χ4v) is 5.94. The third-order valence-electron chi connectivity index (χ3n) is 7.66. The van der Waals surface area contributed by atoms with E-state index in [1.165, 1.54) is 28.7 Å². The van der Waals surface area contributed by atoms with E-state index >= 15 is 0 Å². The molecule has 1 aliphatic heterocycles. The molecule has 0 amide bonds. The molecule has 0 fully saturated rings. The quantitative estimate of drug-likeness (QED) is 0.428. The van der Waals surface area contributed by atoms with Crippen molar-refractivity contribution in [3.05, 3.63) is 70.5 Å². The topological polar surface area (TPSA) is 90.2 Å². The summed E-state index contributed by atoms with van der Waals surface area (Å²) in [4.78, 5) is 20.6. The van der Waals surface area contributed by atoms with Gasteiger partial charge in [-0.2, -0.15) is 14.4 Å². The maximum atomic E-state index is 8.12. The van der Waals surface area contributed by atoms with Crippen molar-refractivity contribution in [1.82, 2.24) is 25.1 Å². The molecule has 8 nitrogen and oxygen atoms in total. The molecule has 38 heavy (non-hydrogen) atoms. The lowest BCUT2D eigenvalue weighted by Crippen LogP contribution is -2.41. The van der Waals surface area contributed by atoms with E-state index in [0.29, 0.717) is 17.9 Å². The van der Waals surface area contributed by atoms with Crippen molar-refractivity contribution < 1.29 is 14.3 Å². The second-order valence-corrected chi connectivity index (χ2v) is 11.3. The van der Waals surface area contributed by atoms with Crippen LogP contribution in [-0.4, -0.2) is 43.4 Å². The number of hydrogen-bond acceptors (Lipinski definition) is 7. The molecule has 2 heterocycles. The number of tetrazole rings is 1. The Morgan fingerprint density at radius 2 is 1.89 bits per heavy atom. The molecule has 2 aliphatic rings. The van der Waals surface area contributed by atoms with Crippen molar-refractivity contribution in [1.29, 1.82) is 0 Å². The number of hydrogen-bond donors (Lipinski definition) is 0. The minimum Gasteiger partial charge on any atom is -0.486 e. The molecular weight excluding hydrogens is 478 g/mol. The van der Waals surface area contributed by atoms with Crippen molar-refractivity contribution in [3.8, 4) is 5.75 Å². The van der Waals surface area contributed by atoms with Gasteiger partial charge >= 0.3 is 6.15 Å². The summed E-state index contributed by atoms with van der Waals surface area (Å²) in [6.07, 6.45) is 4.47. The van der Waals surface area contributed by atoms with Crippen LogP contribution in [0, 0.1) is 5.92 Å². The summed E-state index contributed by atoms with van der Waals surface area (Å²) < 4.78 is 6.44. The molecule has 0 bridgehead atoms. The number of para-hydroxylation sites is 1. The van der Waals surface area contributed by atoms with Crippen LogP contribution in [0.25, 0.3) is 0 Å². The first kappa shape index (κ1) is 27.7. The van der Waals surface area contributed by atoms with Crippen LogP contribution in [0.1, 0.15) is 87.5 Å². The Bertz CT molecular complexity index is 1260. The molecule has 8 heteroatoms. The molecule has 5 rings (SSSR count). The van der Waals surface area contributed by atoms with Gasteiger partial charge in [-0.1, -0.05) is 50.2 Å². The molecule has 2 atom stereocenters. The van der Waals surface area contributed by atoms with Gasteiger partial charge in [0.25, 0.3) is 0 Å². The van der Waals surface area contributed by atoms with Gasteiger partial charge in [-0.15, -0.1) is 10.2 Å². The van der Waals surface area contributed by atoms with E-state index in [4.69, 9.17) is 14.3 Å². The molecule has 1 aliphatic carbocycles. The van der Waals surface area contributed by atoms with E-state index in [9.17, 15) is 0 Å². The number of ether oxygens (including phenoxy) is 1. The Morgan fingerprint density at radius 1 is 1.13 bits per heavy atom. The van der Waals surface area contributed by atoms with Gasteiger partial charge in [-0.25, -0.2) is 0 Å². The largest absolute Gasteiger partial charge is 0.486 e. The molecule has 3 aromatic rings. The third-order valence-corrected chi connectivity index (χ3v) is 7.66. The smallest absolute Gasteiger partial charge is 0.373 e. The van der Waals surface area contributed by atoms with Crippen molar-refractivity contribution >= 4 is 6.15 Å². The van der Waals surface area contributed by atoms with Gasteiger partial charge < -0.3 is 4.74 Å². The summed E-state index contributed by atoms with van der Waals surface area (Å²) in [7, 11) is 0. The lowest BCUT2D eigenvalue weighted by molar-refractivity contribution is -0.191. The third kappa shape index (κ3) is 6.37. The normalized spacial score (nSPS) is 18.8. The van der Waals surface area contributed by atoms with Gasteiger partial charge in [0.15, 0.2) is 5.82 Å². The number of benzene rings is 2. The maximum Gasteiger partial charge on any atom is 0.373 e. The first-order valence-electron chi connectivity index (χ1n) is 13.6. The number of nitrogens with zero attached hydrogens (tertiary/aromatic N) is 5. The average molecular weight is 518 g/mol. The maximum absolute atomic E-state index is 8.12. The monoisotopic (exact) mass is 517 g/mol. The highest BCUT2D eigenvalue weighted by Gasteiger charge is 2.36. The minimum absolute atomic E-state index is 0.226. The van der Waals surface area contributed by atoms with Gasteiger partial charge in [0, 0.05) is 31.1 Å². The molecule has 0 N–H and O–H groups in total. The molecule has 0 saturated carbocycles. The van der Waals surface area contributed by atoms with Crippen LogP contribution in [-0.2, 0) is 35.5 Å². The SMILES string of the molecule is CCn1nnc(CCC(c2ccc3c(c2)C(N2Cc4ccccc4OC(C)(C)C2)CC3)C(C)C)n1.O=C=O. The molecule has 0 radical (unpaired) electrons. The second kappa shape index (κ2) is 12.0. The van der Waals surface area contributed by atoms with Crippen molar-refractivity contribution in [2.45, 2.75) is 91.0 Å². The Balaban J connectivity index is 0.00000107. The van der Waals surface area contributed by atoms with Crippen LogP contribution in [0.4, 0.5) is 0 Å². The van der Waals surface area contributed by atoms with Crippen molar-refractivity contribution in [3.63, 3.8) is 0 Å². The predicted molar refractivity (Wildman–Crippen MR) is 143 cm³/mol. The predicted octanol–water partition coefficient (Wildman–Crippen LogP) is 5.14. The number of aryl methyl sites for hydroxylation is 3. The Kier molecular flexibility index (Phi) is 8.75. The van der Waals surface area contributed by atoms with Gasteiger partial charge in [0.1, 0.15) is 11.4 Å². The summed E-state index contributed by atoms with van der Waals surface area (Å²) in [5.74, 6) is 2.90. The molecule has 0 spiro atoms. The molecular formula is C30H39N5O3. The van der Waals surface area contributed by atoms with Crippen LogP contribution in [0.15, 0.2) is 42.5 Å². The van der Waals surface area contributed by atoms with Crippen molar-refractivity contribution in [2.24, 2.45) is 5.92 Å². The molecule has 1 aromatic heterocycles. The van der Waals surface area contributed by atoms with E-state index < -0.39 is 0 Å². The van der Waals surface area contributed by atoms with E-state index in [1.54, 1.807) is 4.80 Å². The van der Waals surface area contributed by atoms with Crippen LogP contribution in [0.5, 0.6) is 5.75 Å². The minimum atomic E-state index is -0.226. The van der Waals surface area contributed by atoms with E-state index in [2.05, 4.69) is 90.5 Å². The summed E-state index contributed by atoms with van der Waals surface area (Å²) in [5, 5.41) is 12.9. The second-order valence-electron chi connectivity index (χ2n) is 11.3. The zero-order valence-electron chi connectivity index (χ0n) is 23.2. The average Bonchev–Trinajstić information content (AvgIpc) is 3.48. The lowest BCUT2D eigenvalue weighted by Gasteiger charge is -2.34. The highest BCUT2D eigenvalue weighted by Crippen LogP contribution is 2.42. The number of fused-ring (bicyclic) bond motifs is 2. The van der Waals surface area contributed by atoms with E-state index in [1.807, 2.05) is 6.92 Å². The van der Waals surface area contributed by atoms with Gasteiger partial charge in [0.05, 0.1) is 6.54 Å². The first-order chi connectivity index (χ1) is 18.2. The zero-order valence-corrected chi connectivity index (χ0v) is 23.2. The molecule has 2 aromatic carbocycles. The molecule has 202 valence electrons. The zero-order chi connectivity index (χ0) is 27.3. The van der Waals surface area contributed by atoms with Gasteiger partial charge in [-0.3, -0.25) is 4.90 Å². The van der Waals surface area contributed by atoms with E-state index in [0.717, 1.165) is 50.5 Å². The van der Waals surface area contributed by atoms with Crippen molar-refractivity contribution in [2.75, 3.05) is 6.54 Å². The Labute approximate surface area is 225 Å².